The Labute approximate surface area is 194 Å². The van der Waals surface area contributed by atoms with E-state index in [1.807, 2.05) is 6.07 Å². The van der Waals surface area contributed by atoms with Crippen molar-refractivity contribution >= 4 is 40.8 Å². The van der Waals surface area contributed by atoms with E-state index in [4.69, 9.17) is 21.1 Å². The lowest BCUT2D eigenvalue weighted by Gasteiger charge is -2.30. The molecule has 10 heteroatoms. The molecule has 0 saturated carbocycles. The normalized spacial score (nSPS) is 17.8. The maximum Gasteiger partial charge on any atom is 0.336 e. The highest BCUT2D eigenvalue weighted by molar-refractivity contribution is 6.36. The van der Waals surface area contributed by atoms with Crippen LogP contribution in [0.4, 0.5) is 15.8 Å². The van der Waals surface area contributed by atoms with Crippen LogP contribution in [0.5, 0.6) is 11.5 Å². The highest BCUT2D eigenvalue weighted by atomic mass is 35.5. The van der Waals surface area contributed by atoms with Gasteiger partial charge in [-0.1, -0.05) is 17.7 Å². The summed E-state index contributed by atoms with van der Waals surface area (Å²) >= 11 is 6.17. The van der Waals surface area contributed by atoms with Crippen molar-refractivity contribution in [3.05, 3.63) is 58.9 Å². The summed E-state index contributed by atoms with van der Waals surface area (Å²) in [5.41, 5.74) is 1.09. The fourth-order valence-corrected chi connectivity index (χ4v) is 3.87. The number of nitrogens with zero attached hydrogens (tertiary/aromatic N) is 1. The van der Waals surface area contributed by atoms with Crippen LogP contribution in [0, 0.1) is 5.82 Å². The van der Waals surface area contributed by atoms with Gasteiger partial charge in [0, 0.05) is 29.6 Å². The highest BCUT2D eigenvalue weighted by Crippen LogP contribution is 2.38. The van der Waals surface area contributed by atoms with Crippen molar-refractivity contribution in [1.82, 2.24) is 4.90 Å². The van der Waals surface area contributed by atoms with E-state index in [1.165, 1.54) is 0 Å². The van der Waals surface area contributed by atoms with Gasteiger partial charge in [0.2, 0.25) is 5.82 Å². The molecular weight excluding hydrogens is 453 g/mol. The molecule has 2 aromatic rings. The minimum atomic E-state index is -1.16. The number of likely N-dealkylation sites (tertiary alicyclic amines) is 1. The maximum atomic E-state index is 14.6. The molecular formula is C23H21ClFN3O5. The Bertz CT molecular complexity index is 1150. The number of esters is 2. The summed E-state index contributed by atoms with van der Waals surface area (Å²) < 4.78 is 24.4. The lowest BCUT2D eigenvalue weighted by molar-refractivity contribution is -0.131. The first-order valence-electron chi connectivity index (χ1n) is 10.3. The molecule has 0 unspecified atom stereocenters. The predicted octanol–water partition coefficient (Wildman–Crippen LogP) is 3.62. The summed E-state index contributed by atoms with van der Waals surface area (Å²) in [5, 5.41) is 5.73. The van der Waals surface area contributed by atoms with Crippen LogP contribution in [-0.4, -0.2) is 48.9 Å². The standard InChI is InChI=1S/C23H21ClFN3O5/c1-28-9-7-13(8-10-28)26-14-3-2-4-15(11-14)27-23(31)16-12-17-21(25)22(20(16)24)33-19(30)6-5-18(29)32-17/h2-6,11-13,26H,7-10H2,1H3,(H,27,31)/b6-5+. The van der Waals surface area contributed by atoms with Gasteiger partial charge in [-0.05, 0) is 57.2 Å². The Kier molecular flexibility index (Phi) is 6.62. The van der Waals surface area contributed by atoms with Gasteiger partial charge >= 0.3 is 11.9 Å². The highest BCUT2D eigenvalue weighted by Gasteiger charge is 2.27. The van der Waals surface area contributed by atoms with Gasteiger partial charge < -0.3 is 25.0 Å². The van der Waals surface area contributed by atoms with Gasteiger partial charge in [-0.3, -0.25) is 4.79 Å². The molecule has 0 radical (unpaired) electrons. The van der Waals surface area contributed by atoms with Gasteiger partial charge in [0.05, 0.1) is 10.6 Å². The third-order valence-corrected chi connectivity index (χ3v) is 5.73. The molecule has 2 aliphatic heterocycles. The number of hydrogen-bond donors (Lipinski definition) is 2. The van der Waals surface area contributed by atoms with E-state index in [-0.39, 0.29) is 5.56 Å². The van der Waals surface area contributed by atoms with Crippen molar-refractivity contribution in [3.63, 3.8) is 0 Å². The average molecular weight is 474 g/mol. The molecule has 2 aromatic carbocycles. The van der Waals surface area contributed by atoms with E-state index < -0.39 is 40.2 Å². The van der Waals surface area contributed by atoms with Crippen LogP contribution in [0.25, 0.3) is 0 Å². The number of benzene rings is 2. The quantitative estimate of drug-likeness (QED) is 0.517. The minimum Gasteiger partial charge on any atom is -0.420 e. The number of piperidine rings is 1. The monoisotopic (exact) mass is 473 g/mol. The Morgan fingerprint density at radius 3 is 2.48 bits per heavy atom. The number of amides is 1. The smallest absolute Gasteiger partial charge is 0.336 e. The molecule has 1 amide bonds. The topological polar surface area (TPSA) is 97.0 Å². The fourth-order valence-electron chi connectivity index (χ4n) is 3.60. The van der Waals surface area contributed by atoms with Crippen molar-refractivity contribution in [2.24, 2.45) is 0 Å². The molecule has 172 valence electrons. The molecule has 2 bridgehead atoms. The van der Waals surface area contributed by atoms with E-state index >= 15 is 0 Å². The Morgan fingerprint density at radius 1 is 1.09 bits per heavy atom. The van der Waals surface area contributed by atoms with Gasteiger partial charge in [0.1, 0.15) is 0 Å². The number of hydrogen-bond acceptors (Lipinski definition) is 7. The Morgan fingerprint density at radius 2 is 1.76 bits per heavy atom. The average Bonchev–Trinajstić information content (AvgIpc) is 2.81. The molecule has 0 aromatic heterocycles. The molecule has 0 atom stereocenters. The number of fused-ring (bicyclic) bond motifs is 2. The second-order valence-corrected chi connectivity index (χ2v) is 8.19. The molecule has 1 saturated heterocycles. The van der Waals surface area contributed by atoms with Crippen LogP contribution < -0.4 is 20.1 Å². The van der Waals surface area contributed by atoms with E-state index in [0.29, 0.717) is 11.7 Å². The number of halogens is 2. The fraction of sp³-hybridized carbons (Fsp3) is 0.261. The van der Waals surface area contributed by atoms with E-state index in [2.05, 4.69) is 22.6 Å². The predicted molar refractivity (Wildman–Crippen MR) is 120 cm³/mol. The minimum absolute atomic E-state index is 0.223. The van der Waals surface area contributed by atoms with Crippen LogP contribution in [-0.2, 0) is 9.59 Å². The molecule has 2 heterocycles. The van der Waals surface area contributed by atoms with Gasteiger partial charge in [-0.25, -0.2) is 9.59 Å². The SMILES string of the molecule is CN1CCC(Nc2cccc(NC(=O)c3cc4c(F)c(c3Cl)OC(=O)/C=C/C(=O)O4)c2)CC1. The van der Waals surface area contributed by atoms with Crippen molar-refractivity contribution in [1.29, 1.82) is 0 Å². The summed E-state index contributed by atoms with van der Waals surface area (Å²) in [6.07, 6.45) is 3.58. The van der Waals surface area contributed by atoms with Gasteiger partial charge in [0.15, 0.2) is 11.5 Å². The third kappa shape index (κ3) is 5.32. The number of anilines is 2. The van der Waals surface area contributed by atoms with Gasteiger partial charge in [0.25, 0.3) is 5.91 Å². The third-order valence-electron chi connectivity index (χ3n) is 5.35. The lowest BCUT2D eigenvalue weighted by atomic mass is 10.1. The molecule has 2 aliphatic rings. The summed E-state index contributed by atoms with van der Waals surface area (Å²) in [4.78, 5) is 38.7. The van der Waals surface area contributed by atoms with Crippen LogP contribution in [0.1, 0.15) is 23.2 Å². The molecule has 0 aliphatic carbocycles. The van der Waals surface area contributed by atoms with Crippen LogP contribution in [0.15, 0.2) is 42.5 Å². The van der Waals surface area contributed by atoms with E-state index in [9.17, 15) is 18.8 Å². The van der Waals surface area contributed by atoms with Crippen LogP contribution >= 0.6 is 11.6 Å². The molecule has 33 heavy (non-hydrogen) atoms. The molecule has 8 nitrogen and oxygen atoms in total. The van der Waals surface area contributed by atoms with E-state index in [0.717, 1.165) is 49.8 Å². The second-order valence-electron chi connectivity index (χ2n) is 7.81. The van der Waals surface area contributed by atoms with Crippen molar-refractivity contribution in [2.45, 2.75) is 18.9 Å². The van der Waals surface area contributed by atoms with Crippen LogP contribution in [0.3, 0.4) is 0 Å². The molecule has 1 fully saturated rings. The summed E-state index contributed by atoms with van der Waals surface area (Å²) in [5.74, 6) is -5.17. The summed E-state index contributed by atoms with van der Waals surface area (Å²) in [6, 6.07) is 8.46. The zero-order valence-electron chi connectivity index (χ0n) is 17.7. The summed E-state index contributed by atoms with van der Waals surface area (Å²) in [7, 11) is 2.09. The first kappa shape index (κ1) is 22.8. The molecule has 0 spiro atoms. The largest absolute Gasteiger partial charge is 0.420 e. The first-order valence-corrected chi connectivity index (χ1v) is 10.7. The van der Waals surface area contributed by atoms with Crippen molar-refractivity contribution in [2.75, 3.05) is 30.8 Å². The van der Waals surface area contributed by atoms with Gasteiger partial charge in [-0.15, -0.1) is 0 Å². The first-order chi connectivity index (χ1) is 15.8. The second kappa shape index (κ2) is 9.60. The number of carbonyl (C=O) groups excluding carboxylic acids is 3. The Balaban J connectivity index is 1.56. The van der Waals surface area contributed by atoms with E-state index in [1.54, 1.807) is 18.2 Å². The Hall–Kier alpha value is -3.43. The maximum absolute atomic E-state index is 14.6. The number of carbonyl (C=O) groups is 3. The van der Waals surface area contributed by atoms with Gasteiger partial charge in [-0.2, -0.15) is 4.39 Å². The number of rotatable bonds is 4. The molecule has 2 N–H and O–H groups in total. The van der Waals surface area contributed by atoms with Crippen molar-refractivity contribution < 1.29 is 28.2 Å². The summed E-state index contributed by atoms with van der Waals surface area (Å²) in [6.45, 7) is 2.01. The zero-order valence-corrected chi connectivity index (χ0v) is 18.4. The number of ether oxygens (including phenoxy) is 2. The van der Waals surface area contributed by atoms with Crippen molar-refractivity contribution in [3.8, 4) is 11.5 Å². The molecule has 4 rings (SSSR count). The number of nitrogens with one attached hydrogen (secondary N) is 2. The lowest BCUT2D eigenvalue weighted by Crippen LogP contribution is -2.36. The zero-order chi connectivity index (χ0) is 23.5. The van der Waals surface area contributed by atoms with Crippen LogP contribution in [0.2, 0.25) is 5.02 Å².